The van der Waals surface area contributed by atoms with E-state index in [4.69, 9.17) is 14.4 Å². The van der Waals surface area contributed by atoms with Crippen LogP contribution in [0.1, 0.15) is 82.9 Å². The molecule has 0 aliphatic heterocycles. The average Bonchev–Trinajstić information content (AvgIpc) is 4.12. The second-order valence-corrected chi connectivity index (χ2v) is 26.4. The number of aromatic nitrogens is 3. The third kappa shape index (κ3) is 9.92. The summed E-state index contributed by atoms with van der Waals surface area (Å²) in [6, 6.07) is 62.7. The van der Waals surface area contributed by atoms with Crippen molar-refractivity contribution in [1.82, 2.24) is 14.5 Å². The van der Waals surface area contributed by atoms with E-state index in [0.717, 1.165) is 89.5 Å². The van der Waals surface area contributed by atoms with Crippen molar-refractivity contribution in [3.8, 4) is 50.6 Å². The molecule has 0 N–H and O–H groups in total. The van der Waals surface area contributed by atoms with Crippen LogP contribution in [-0.4, -0.2) is 22.6 Å². The predicted octanol–water partition coefficient (Wildman–Crippen LogP) is 17.0. The number of rotatable bonds is 9. The second kappa shape index (κ2) is 20.3. The van der Waals surface area contributed by atoms with Crippen molar-refractivity contribution in [2.75, 3.05) is 0 Å². The zero-order valence-electron chi connectivity index (χ0n) is 41.9. The summed E-state index contributed by atoms with van der Waals surface area (Å²) in [4.78, 5) is 10.1. The number of fused-ring (bicyclic) bond motifs is 4. The quantitative estimate of drug-likeness (QED) is 0.107. The molecule has 0 saturated heterocycles. The molecule has 0 atom stereocenters. The predicted molar refractivity (Wildman–Crippen MR) is 293 cm³/mol. The number of hydrogen-bond acceptors (Lipinski definition) is 3. The number of para-hydroxylation sites is 3. The molecule has 3 heterocycles. The first kappa shape index (κ1) is 48.8. The Morgan fingerprint density at radius 3 is 2.00 bits per heavy atom. The summed E-state index contributed by atoms with van der Waals surface area (Å²) in [5.74, 6) is 2.22. The summed E-state index contributed by atoms with van der Waals surface area (Å²) < 4.78 is 8.86. The molecule has 10 aromatic rings. The van der Waals surface area contributed by atoms with Crippen LogP contribution in [0.5, 0.6) is 0 Å². The molecule has 355 valence electrons. The molecule has 11 rings (SSSR count). The molecule has 1 saturated carbocycles. The molecule has 1 aliphatic carbocycles. The summed E-state index contributed by atoms with van der Waals surface area (Å²) in [6.07, 6.45) is 9.04. The monoisotopic (exact) mass is 1110 g/mol. The van der Waals surface area contributed by atoms with Gasteiger partial charge in [-0.1, -0.05) is 199 Å². The molecule has 6 heteroatoms. The SMILES string of the molecule is CC(C)(C)c1cc(-c2ccccc2)c(-n2c(-c3[c-]ccc4c3oc3ccccc34)nc3ccccc32)c(-c2ccccc2)c1.CC(C)c1c[c-]c(-c2cc(CC3CCCC3)c([Si](C)(C)C)cn2)cc1.[Ir]. The smallest absolute Gasteiger partial charge is 0.120 e. The summed E-state index contributed by atoms with van der Waals surface area (Å²) in [5.41, 5.74) is 16.5. The Kier molecular flexibility index (Phi) is 14.1. The van der Waals surface area contributed by atoms with E-state index in [0.29, 0.717) is 5.92 Å². The van der Waals surface area contributed by atoms with Gasteiger partial charge >= 0.3 is 0 Å². The zero-order valence-corrected chi connectivity index (χ0v) is 45.3. The molecule has 1 aliphatic rings. The maximum atomic E-state index is 6.53. The van der Waals surface area contributed by atoms with E-state index in [-0.39, 0.29) is 25.5 Å². The fourth-order valence-electron chi connectivity index (χ4n) is 10.2. The number of benzene rings is 7. The van der Waals surface area contributed by atoms with Crippen LogP contribution in [0, 0.1) is 18.1 Å². The standard InChI is InChI=1S/C41H31N2O.C23H32NSi.Ir/c1-41(2,3)29-25-33(27-15-6-4-7-16-27)38(34(26-29)28-17-8-5-9-18-28)43-36-23-12-11-22-35(36)42-40(43)32-21-14-20-31-30-19-10-13-24-37(30)44-39(31)32;1-17(2)19-10-12-20(13-11-19)22-15-21(14-18-8-6-7-9-18)23(16-24-22)25(3,4)5;/h4-20,22-26H,1-3H3;10-12,15-18H,6-9,14H2,1-5H3;/q2*-1;. The van der Waals surface area contributed by atoms with E-state index in [2.05, 4.69) is 211 Å². The van der Waals surface area contributed by atoms with Gasteiger partial charge in [0.15, 0.2) is 0 Å². The van der Waals surface area contributed by atoms with Gasteiger partial charge in [-0.3, -0.25) is 4.98 Å². The molecule has 7 aromatic carbocycles. The molecule has 3 aromatic heterocycles. The van der Waals surface area contributed by atoms with E-state index < -0.39 is 8.07 Å². The first-order chi connectivity index (χ1) is 33.3. The summed E-state index contributed by atoms with van der Waals surface area (Å²) >= 11 is 0. The molecular weight excluding hydrogens is 1050 g/mol. The molecule has 1 fully saturated rings. The van der Waals surface area contributed by atoms with Crippen LogP contribution >= 0.6 is 0 Å². The number of imidazole rings is 1. The number of pyridine rings is 1. The van der Waals surface area contributed by atoms with Crippen LogP contribution in [0.3, 0.4) is 0 Å². The van der Waals surface area contributed by atoms with Crippen LogP contribution in [-0.2, 0) is 31.9 Å². The third-order valence-corrected chi connectivity index (χ3v) is 16.1. The Balaban J connectivity index is 0.000000200. The Labute approximate surface area is 429 Å². The van der Waals surface area contributed by atoms with Gasteiger partial charge in [-0.15, -0.1) is 53.6 Å². The van der Waals surface area contributed by atoms with Crippen LogP contribution < -0.4 is 5.19 Å². The molecule has 0 amide bonds. The van der Waals surface area contributed by atoms with E-state index in [1.807, 2.05) is 24.3 Å². The molecule has 0 spiro atoms. The van der Waals surface area contributed by atoms with Crippen molar-refractivity contribution in [3.05, 3.63) is 193 Å². The van der Waals surface area contributed by atoms with Crippen LogP contribution in [0.15, 0.2) is 168 Å². The summed E-state index contributed by atoms with van der Waals surface area (Å²) in [5, 5.41) is 3.69. The fraction of sp³-hybridized carbons (Fsp3) is 0.250. The topological polar surface area (TPSA) is 43.9 Å². The normalized spacial score (nSPS) is 13.2. The Hall–Kier alpha value is -6.17. The number of furan rings is 1. The maximum Gasteiger partial charge on any atom is 0.120 e. The molecule has 0 unspecified atom stereocenters. The Bertz CT molecular complexity index is 3340. The van der Waals surface area contributed by atoms with Gasteiger partial charge in [-0.2, -0.15) is 0 Å². The van der Waals surface area contributed by atoms with Gasteiger partial charge in [0.05, 0.1) is 36.2 Å². The molecule has 70 heavy (non-hydrogen) atoms. The minimum Gasteiger partial charge on any atom is -0.501 e. The van der Waals surface area contributed by atoms with Crippen molar-refractivity contribution in [2.24, 2.45) is 5.92 Å². The number of nitrogens with zero attached hydrogens (tertiary/aromatic N) is 3. The summed E-state index contributed by atoms with van der Waals surface area (Å²) in [6.45, 7) is 18.6. The maximum absolute atomic E-state index is 6.53. The van der Waals surface area contributed by atoms with E-state index in [1.165, 1.54) is 43.2 Å². The molecular formula is C64H63IrN3OSi-2. The van der Waals surface area contributed by atoms with Gasteiger partial charge in [0.2, 0.25) is 0 Å². The molecule has 1 radical (unpaired) electrons. The van der Waals surface area contributed by atoms with Crippen molar-refractivity contribution in [3.63, 3.8) is 0 Å². The van der Waals surface area contributed by atoms with Crippen molar-refractivity contribution in [1.29, 1.82) is 0 Å². The molecule has 0 bridgehead atoms. The minimum absolute atomic E-state index is 0. The van der Waals surface area contributed by atoms with Crippen LogP contribution in [0.4, 0.5) is 0 Å². The Morgan fingerprint density at radius 2 is 1.37 bits per heavy atom. The van der Waals surface area contributed by atoms with Gasteiger partial charge in [0, 0.05) is 42.8 Å². The Morgan fingerprint density at radius 1 is 0.729 bits per heavy atom. The average molecular weight is 1110 g/mol. The van der Waals surface area contributed by atoms with Gasteiger partial charge in [-0.25, -0.2) is 0 Å². The second-order valence-electron chi connectivity index (χ2n) is 21.4. The van der Waals surface area contributed by atoms with E-state index in [1.54, 1.807) is 10.8 Å². The zero-order chi connectivity index (χ0) is 47.9. The van der Waals surface area contributed by atoms with E-state index >= 15 is 0 Å². The van der Waals surface area contributed by atoms with Crippen LogP contribution in [0.25, 0.3) is 83.6 Å². The summed E-state index contributed by atoms with van der Waals surface area (Å²) in [7, 11) is -1.37. The number of hydrogen-bond donors (Lipinski definition) is 0. The fourth-order valence-corrected chi connectivity index (χ4v) is 11.8. The van der Waals surface area contributed by atoms with Crippen molar-refractivity contribution >= 4 is 46.2 Å². The van der Waals surface area contributed by atoms with Crippen LogP contribution in [0.2, 0.25) is 19.6 Å². The molecule has 4 nitrogen and oxygen atoms in total. The third-order valence-electron chi connectivity index (χ3n) is 14.1. The van der Waals surface area contributed by atoms with Crippen molar-refractivity contribution < 1.29 is 24.5 Å². The van der Waals surface area contributed by atoms with Gasteiger partial charge in [0.25, 0.3) is 0 Å². The first-order valence-electron chi connectivity index (χ1n) is 24.9. The van der Waals surface area contributed by atoms with Gasteiger partial charge in [-0.05, 0) is 75.7 Å². The van der Waals surface area contributed by atoms with Gasteiger partial charge in [0.1, 0.15) is 5.58 Å². The largest absolute Gasteiger partial charge is 0.501 e. The first-order valence-corrected chi connectivity index (χ1v) is 28.4. The minimum atomic E-state index is -1.37. The van der Waals surface area contributed by atoms with Crippen molar-refractivity contribution in [2.45, 2.75) is 97.7 Å². The van der Waals surface area contributed by atoms with E-state index in [9.17, 15) is 0 Å². The van der Waals surface area contributed by atoms with Gasteiger partial charge < -0.3 is 14.0 Å².